The number of alkyl halides is 2. The zero-order valence-electron chi connectivity index (χ0n) is 14.0. The van der Waals surface area contributed by atoms with Gasteiger partial charge in [0.15, 0.2) is 11.5 Å². The number of nitrogens with one attached hydrogen (secondary N) is 1. The van der Waals surface area contributed by atoms with Gasteiger partial charge in [0, 0.05) is 12.6 Å². The third-order valence-electron chi connectivity index (χ3n) is 3.85. The zero-order chi connectivity index (χ0) is 18.5. The molecule has 0 spiro atoms. The second-order valence-electron chi connectivity index (χ2n) is 5.79. The molecule has 26 heavy (non-hydrogen) atoms. The number of rotatable bonds is 9. The predicted octanol–water partition coefficient (Wildman–Crippen LogP) is 2.75. The number of nitrogens with zero attached hydrogens (tertiary/aromatic N) is 3. The third kappa shape index (κ3) is 5.09. The quantitative estimate of drug-likeness (QED) is 0.716. The maximum Gasteiger partial charge on any atom is 0.387 e. The van der Waals surface area contributed by atoms with E-state index in [-0.39, 0.29) is 24.0 Å². The molecule has 3 rings (SSSR count). The SMILES string of the molecule is COc1cc(CN(CC(=O)Nc2nncs2)C2CC2)ccc1OC(F)F. The standard InChI is InChI=1S/C16H18F2N4O3S/c1-24-13-6-10(2-5-12(13)25-15(17)18)7-22(11-3-4-11)8-14(23)20-16-21-19-9-26-16/h2,5-6,9,11,15H,3-4,7-8H2,1H3,(H,20,21,23). The maximum absolute atomic E-state index is 12.4. The van der Waals surface area contributed by atoms with E-state index < -0.39 is 6.61 Å². The number of methoxy groups -OCH3 is 1. The number of hydrogen-bond acceptors (Lipinski definition) is 7. The van der Waals surface area contributed by atoms with Crippen LogP contribution >= 0.6 is 11.3 Å². The van der Waals surface area contributed by atoms with Crippen molar-refractivity contribution in [3.05, 3.63) is 29.3 Å². The van der Waals surface area contributed by atoms with Gasteiger partial charge >= 0.3 is 6.61 Å². The van der Waals surface area contributed by atoms with Crippen LogP contribution in [-0.4, -0.2) is 47.3 Å². The Balaban J connectivity index is 1.65. The van der Waals surface area contributed by atoms with Crippen LogP contribution in [-0.2, 0) is 11.3 Å². The summed E-state index contributed by atoms with van der Waals surface area (Å²) in [5.41, 5.74) is 2.39. The normalized spacial score (nSPS) is 13.9. The molecule has 0 radical (unpaired) electrons. The van der Waals surface area contributed by atoms with E-state index in [1.165, 1.54) is 24.5 Å². The second-order valence-corrected chi connectivity index (χ2v) is 6.63. The highest BCUT2D eigenvalue weighted by Crippen LogP contribution is 2.32. The zero-order valence-corrected chi connectivity index (χ0v) is 14.8. The van der Waals surface area contributed by atoms with Crippen LogP contribution in [0.25, 0.3) is 0 Å². The van der Waals surface area contributed by atoms with E-state index in [2.05, 4.69) is 20.3 Å². The summed E-state index contributed by atoms with van der Waals surface area (Å²) in [6.07, 6.45) is 2.05. The first kappa shape index (κ1) is 18.5. The highest BCUT2D eigenvalue weighted by Gasteiger charge is 2.30. The Bertz CT molecular complexity index is 741. The van der Waals surface area contributed by atoms with Crippen molar-refractivity contribution in [2.45, 2.75) is 32.0 Å². The monoisotopic (exact) mass is 384 g/mol. The second kappa shape index (κ2) is 8.37. The van der Waals surface area contributed by atoms with E-state index in [0.717, 1.165) is 18.4 Å². The summed E-state index contributed by atoms with van der Waals surface area (Å²) < 4.78 is 34.4. The topological polar surface area (TPSA) is 76.6 Å². The van der Waals surface area contributed by atoms with Gasteiger partial charge in [0.2, 0.25) is 11.0 Å². The van der Waals surface area contributed by atoms with Crippen molar-refractivity contribution in [1.29, 1.82) is 0 Å². The third-order valence-corrected chi connectivity index (χ3v) is 4.45. The van der Waals surface area contributed by atoms with E-state index in [1.807, 2.05) is 4.90 Å². The molecule has 1 aromatic heterocycles. The van der Waals surface area contributed by atoms with Gasteiger partial charge in [0.05, 0.1) is 13.7 Å². The van der Waals surface area contributed by atoms with Gasteiger partial charge in [-0.1, -0.05) is 17.4 Å². The van der Waals surface area contributed by atoms with Gasteiger partial charge < -0.3 is 9.47 Å². The fraction of sp³-hybridized carbons (Fsp3) is 0.438. The van der Waals surface area contributed by atoms with Crippen LogP contribution < -0.4 is 14.8 Å². The molecule has 0 atom stereocenters. The van der Waals surface area contributed by atoms with Crippen molar-refractivity contribution in [2.24, 2.45) is 0 Å². The average molecular weight is 384 g/mol. The number of carbonyl (C=O) groups excluding carboxylic acids is 1. The molecular formula is C16H18F2N4O3S. The fourth-order valence-electron chi connectivity index (χ4n) is 2.56. The van der Waals surface area contributed by atoms with E-state index in [1.54, 1.807) is 17.6 Å². The molecule has 1 saturated carbocycles. The number of aromatic nitrogens is 2. The van der Waals surface area contributed by atoms with Crippen molar-refractivity contribution < 1.29 is 23.0 Å². The fourth-order valence-corrected chi connectivity index (χ4v) is 3.02. The molecule has 0 bridgehead atoms. The Kier molecular flexibility index (Phi) is 5.94. The number of anilines is 1. The minimum absolute atomic E-state index is 0.0155. The molecule has 1 amide bonds. The number of ether oxygens (including phenoxy) is 2. The molecule has 7 nitrogen and oxygen atoms in total. The molecule has 0 unspecified atom stereocenters. The van der Waals surface area contributed by atoms with Crippen LogP contribution in [0.15, 0.2) is 23.7 Å². The molecule has 1 fully saturated rings. The lowest BCUT2D eigenvalue weighted by Crippen LogP contribution is -2.34. The van der Waals surface area contributed by atoms with E-state index in [0.29, 0.717) is 17.7 Å². The van der Waals surface area contributed by atoms with Gasteiger partial charge in [-0.2, -0.15) is 8.78 Å². The van der Waals surface area contributed by atoms with Gasteiger partial charge in [0.1, 0.15) is 5.51 Å². The Morgan fingerprint density at radius 1 is 1.42 bits per heavy atom. The lowest BCUT2D eigenvalue weighted by atomic mass is 10.2. The van der Waals surface area contributed by atoms with Crippen LogP contribution in [0, 0.1) is 0 Å². The summed E-state index contributed by atoms with van der Waals surface area (Å²) in [5.74, 6) is 0.0494. The lowest BCUT2D eigenvalue weighted by molar-refractivity contribution is -0.117. The minimum Gasteiger partial charge on any atom is -0.493 e. The highest BCUT2D eigenvalue weighted by atomic mass is 32.1. The molecule has 0 aliphatic heterocycles. The molecule has 1 aromatic carbocycles. The van der Waals surface area contributed by atoms with Crippen LogP contribution in [0.1, 0.15) is 18.4 Å². The van der Waals surface area contributed by atoms with Crippen LogP contribution in [0.5, 0.6) is 11.5 Å². The molecule has 10 heteroatoms. The molecular weight excluding hydrogens is 366 g/mol. The van der Waals surface area contributed by atoms with Crippen molar-refractivity contribution in [3.8, 4) is 11.5 Å². The molecule has 1 N–H and O–H groups in total. The van der Waals surface area contributed by atoms with Crippen LogP contribution in [0.4, 0.5) is 13.9 Å². The van der Waals surface area contributed by atoms with Gasteiger partial charge in [-0.3, -0.25) is 15.0 Å². The minimum atomic E-state index is -2.92. The van der Waals surface area contributed by atoms with Gasteiger partial charge in [-0.15, -0.1) is 10.2 Å². The molecule has 1 heterocycles. The molecule has 0 saturated heterocycles. The van der Waals surface area contributed by atoms with Gasteiger partial charge in [0.25, 0.3) is 0 Å². The Hall–Kier alpha value is -2.33. The largest absolute Gasteiger partial charge is 0.493 e. The van der Waals surface area contributed by atoms with E-state index in [4.69, 9.17) is 4.74 Å². The summed E-state index contributed by atoms with van der Waals surface area (Å²) in [5, 5.41) is 10.6. The maximum atomic E-state index is 12.4. The van der Waals surface area contributed by atoms with Gasteiger partial charge in [-0.05, 0) is 30.5 Å². The van der Waals surface area contributed by atoms with Crippen LogP contribution in [0.3, 0.4) is 0 Å². The smallest absolute Gasteiger partial charge is 0.387 e. The summed E-state index contributed by atoms with van der Waals surface area (Å²) in [6, 6.07) is 5.12. The molecule has 140 valence electrons. The van der Waals surface area contributed by atoms with E-state index in [9.17, 15) is 13.6 Å². The number of benzene rings is 1. The number of amides is 1. The summed E-state index contributed by atoms with van der Waals surface area (Å²) in [4.78, 5) is 14.2. The molecule has 2 aromatic rings. The highest BCUT2D eigenvalue weighted by molar-refractivity contribution is 7.13. The van der Waals surface area contributed by atoms with Crippen LogP contribution in [0.2, 0.25) is 0 Å². The van der Waals surface area contributed by atoms with Crippen molar-refractivity contribution in [2.75, 3.05) is 19.0 Å². The number of hydrogen-bond donors (Lipinski definition) is 1. The summed E-state index contributed by atoms with van der Waals surface area (Å²) in [7, 11) is 1.39. The van der Waals surface area contributed by atoms with Gasteiger partial charge in [-0.25, -0.2) is 0 Å². The first-order valence-corrected chi connectivity index (χ1v) is 8.85. The summed E-state index contributed by atoms with van der Waals surface area (Å²) >= 11 is 1.25. The van der Waals surface area contributed by atoms with Crippen molar-refractivity contribution in [3.63, 3.8) is 0 Å². The van der Waals surface area contributed by atoms with Crippen molar-refractivity contribution in [1.82, 2.24) is 15.1 Å². The Labute approximate surface area is 152 Å². The van der Waals surface area contributed by atoms with Crippen molar-refractivity contribution >= 4 is 22.4 Å². The number of carbonyl (C=O) groups is 1. The average Bonchev–Trinajstić information content (AvgIpc) is 3.33. The summed E-state index contributed by atoms with van der Waals surface area (Å²) in [6.45, 7) is -2.21. The Morgan fingerprint density at radius 3 is 2.85 bits per heavy atom. The Morgan fingerprint density at radius 2 is 2.23 bits per heavy atom. The first-order chi connectivity index (χ1) is 12.5. The number of halogens is 2. The molecule has 1 aliphatic rings. The first-order valence-electron chi connectivity index (χ1n) is 7.97. The molecule has 1 aliphatic carbocycles. The lowest BCUT2D eigenvalue weighted by Gasteiger charge is -2.21. The predicted molar refractivity (Wildman–Crippen MR) is 91.6 cm³/mol. The van der Waals surface area contributed by atoms with E-state index >= 15 is 0 Å².